The molecule has 8 nitrogen and oxygen atoms in total. The molecule has 1 amide bonds. The summed E-state index contributed by atoms with van der Waals surface area (Å²) in [6.07, 6.45) is 5.87. The molecule has 1 aliphatic rings. The number of rotatable bonds is 9. The lowest BCUT2D eigenvalue weighted by Crippen LogP contribution is -2.46. The van der Waals surface area contributed by atoms with Crippen molar-refractivity contribution in [1.29, 1.82) is 0 Å². The largest absolute Gasteiger partial charge is 0.389 e. The highest BCUT2D eigenvalue weighted by Gasteiger charge is 2.39. The number of nitrogens with one attached hydrogen (secondary N) is 1. The van der Waals surface area contributed by atoms with Crippen LogP contribution in [0.4, 0.5) is 0 Å². The van der Waals surface area contributed by atoms with E-state index in [0.717, 1.165) is 11.1 Å². The van der Waals surface area contributed by atoms with E-state index in [4.69, 9.17) is 9.47 Å². The van der Waals surface area contributed by atoms with Crippen LogP contribution in [-0.4, -0.2) is 71.0 Å². The highest BCUT2D eigenvalue weighted by atomic mass is 16.5. The number of aliphatic hydroxyl groups excluding tert-OH is 1. The Morgan fingerprint density at radius 2 is 1.75 bits per heavy atom. The molecule has 2 aromatic heterocycles. The number of hydrogen-bond donors (Lipinski definition) is 2. The van der Waals surface area contributed by atoms with Gasteiger partial charge in [0.2, 0.25) is 5.91 Å². The summed E-state index contributed by atoms with van der Waals surface area (Å²) in [5, 5.41) is 13.6. The van der Waals surface area contributed by atoms with Crippen molar-refractivity contribution < 1.29 is 19.4 Å². The van der Waals surface area contributed by atoms with Crippen LogP contribution < -0.4 is 5.32 Å². The van der Waals surface area contributed by atoms with Crippen LogP contribution >= 0.6 is 0 Å². The third-order valence-electron chi connectivity index (χ3n) is 4.77. The van der Waals surface area contributed by atoms with Gasteiger partial charge in [0.15, 0.2) is 0 Å². The van der Waals surface area contributed by atoms with E-state index >= 15 is 0 Å². The molecule has 0 aromatic carbocycles. The maximum atomic E-state index is 11.6. The summed E-state index contributed by atoms with van der Waals surface area (Å²) in [4.78, 5) is 21.9. The number of aromatic nitrogens is 2. The van der Waals surface area contributed by atoms with Crippen LogP contribution in [0, 0.1) is 0 Å². The zero-order valence-electron chi connectivity index (χ0n) is 15.9. The van der Waals surface area contributed by atoms with Gasteiger partial charge >= 0.3 is 0 Å². The minimum Gasteiger partial charge on any atom is -0.389 e. The normalized spacial score (nSPS) is 21.8. The molecule has 0 bridgehead atoms. The van der Waals surface area contributed by atoms with Crippen LogP contribution in [0.1, 0.15) is 11.1 Å². The zero-order chi connectivity index (χ0) is 19.8. The van der Waals surface area contributed by atoms with E-state index in [1.54, 1.807) is 24.8 Å². The average molecular weight is 386 g/mol. The predicted molar refractivity (Wildman–Crippen MR) is 102 cm³/mol. The van der Waals surface area contributed by atoms with Crippen molar-refractivity contribution in [3.8, 4) is 0 Å². The van der Waals surface area contributed by atoms with Crippen molar-refractivity contribution in [2.45, 2.75) is 31.3 Å². The molecule has 1 fully saturated rings. The summed E-state index contributed by atoms with van der Waals surface area (Å²) in [6, 6.07) is 7.66. The SMILES string of the molecule is COCC(=O)NCC1OCC(N(Cc2ccncc2)Cc2ccncc2)C1O. The van der Waals surface area contributed by atoms with Gasteiger partial charge in [-0.05, 0) is 35.4 Å². The second-order valence-electron chi connectivity index (χ2n) is 6.78. The number of pyridine rings is 2. The minimum atomic E-state index is -0.716. The van der Waals surface area contributed by atoms with E-state index in [0.29, 0.717) is 19.7 Å². The van der Waals surface area contributed by atoms with E-state index in [1.165, 1.54) is 7.11 Å². The molecule has 28 heavy (non-hydrogen) atoms. The molecule has 3 heterocycles. The van der Waals surface area contributed by atoms with Crippen molar-refractivity contribution in [1.82, 2.24) is 20.2 Å². The monoisotopic (exact) mass is 386 g/mol. The number of hydrogen-bond acceptors (Lipinski definition) is 7. The second kappa shape index (κ2) is 10.2. The topological polar surface area (TPSA) is 96.8 Å². The number of ether oxygens (including phenoxy) is 2. The van der Waals surface area contributed by atoms with Crippen LogP contribution in [-0.2, 0) is 27.4 Å². The summed E-state index contributed by atoms with van der Waals surface area (Å²) >= 11 is 0. The molecule has 3 rings (SSSR count). The molecule has 0 aliphatic carbocycles. The van der Waals surface area contributed by atoms with Crippen LogP contribution in [0.15, 0.2) is 49.1 Å². The maximum Gasteiger partial charge on any atom is 0.246 e. The predicted octanol–water partition coefficient (Wildman–Crippen LogP) is 0.370. The van der Waals surface area contributed by atoms with Gasteiger partial charge in [-0.2, -0.15) is 0 Å². The molecule has 150 valence electrons. The lowest BCUT2D eigenvalue weighted by molar-refractivity contribution is -0.125. The first-order valence-electron chi connectivity index (χ1n) is 9.24. The van der Waals surface area contributed by atoms with Crippen molar-refractivity contribution in [3.05, 3.63) is 60.2 Å². The van der Waals surface area contributed by atoms with Gasteiger partial charge in [-0.15, -0.1) is 0 Å². The lowest BCUT2D eigenvalue weighted by atomic mass is 10.1. The van der Waals surface area contributed by atoms with Gasteiger partial charge in [0.05, 0.1) is 18.8 Å². The van der Waals surface area contributed by atoms with Crippen LogP contribution in [0.2, 0.25) is 0 Å². The van der Waals surface area contributed by atoms with Gasteiger partial charge in [0.25, 0.3) is 0 Å². The van der Waals surface area contributed by atoms with Crippen molar-refractivity contribution in [2.24, 2.45) is 0 Å². The Kier molecular flexibility index (Phi) is 7.44. The highest BCUT2D eigenvalue weighted by molar-refractivity contribution is 5.77. The van der Waals surface area contributed by atoms with Gasteiger partial charge in [-0.1, -0.05) is 0 Å². The molecule has 3 atom stereocenters. The summed E-state index contributed by atoms with van der Waals surface area (Å²) in [6.45, 7) is 1.93. The van der Waals surface area contributed by atoms with Gasteiger partial charge in [0.1, 0.15) is 12.7 Å². The number of nitrogens with zero attached hydrogens (tertiary/aromatic N) is 3. The molecule has 2 aromatic rings. The van der Waals surface area contributed by atoms with Gasteiger partial charge in [0, 0.05) is 51.5 Å². The van der Waals surface area contributed by atoms with Crippen molar-refractivity contribution in [3.63, 3.8) is 0 Å². The Hall–Kier alpha value is -2.39. The first-order valence-corrected chi connectivity index (χ1v) is 9.24. The molecule has 0 saturated carbocycles. The fourth-order valence-electron chi connectivity index (χ4n) is 3.30. The molecule has 8 heteroatoms. The van der Waals surface area contributed by atoms with Crippen molar-refractivity contribution in [2.75, 3.05) is 26.9 Å². The van der Waals surface area contributed by atoms with Crippen LogP contribution in [0.25, 0.3) is 0 Å². The second-order valence-corrected chi connectivity index (χ2v) is 6.78. The molecule has 3 unspecified atom stereocenters. The van der Waals surface area contributed by atoms with Gasteiger partial charge in [-0.3, -0.25) is 19.7 Å². The molecule has 0 radical (unpaired) electrons. The molecular weight excluding hydrogens is 360 g/mol. The summed E-state index contributed by atoms with van der Waals surface area (Å²) < 4.78 is 10.6. The van der Waals surface area contributed by atoms with Gasteiger partial charge in [-0.25, -0.2) is 0 Å². The summed E-state index contributed by atoms with van der Waals surface area (Å²) in [5.74, 6) is -0.229. The van der Waals surface area contributed by atoms with E-state index in [-0.39, 0.29) is 25.1 Å². The van der Waals surface area contributed by atoms with Gasteiger partial charge < -0.3 is 19.9 Å². The van der Waals surface area contributed by atoms with E-state index < -0.39 is 12.2 Å². The molecule has 2 N–H and O–H groups in total. The molecule has 1 saturated heterocycles. The maximum absolute atomic E-state index is 11.6. The summed E-state index contributed by atoms with van der Waals surface area (Å²) in [5.41, 5.74) is 2.21. The quantitative estimate of drug-likeness (QED) is 0.643. The highest BCUT2D eigenvalue weighted by Crippen LogP contribution is 2.23. The Bertz CT molecular complexity index is 690. The smallest absolute Gasteiger partial charge is 0.246 e. The first-order chi connectivity index (χ1) is 13.7. The Labute approximate surface area is 164 Å². The number of carbonyl (C=O) groups is 1. The van der Waals surface area contributed by atoms with Crippen LogP contribution in [0.5, 0.6) is 0 Å². The average Bonchev–Trinajstić information content (AvgIpc) is 3.08. The Morgan fingerprint density at radius 1 is 1.18 bits per heavy atom. The minimum absolute atomic E-state index is 0.0115. The Balaban J connectivity index is 1.68. The Morgan fingerprint density at radius 3 is 2.29 bits per heavy atom. The van der Waals surface area contributed by atoms with E-state index in [2.05, 4.69) is 20.2 Å². The fourth-order valence-corrected chi connectivity index (χ4v) is 3.30. The number of methoxy groups -OCH3 is 1. The molecule has 0 spiro atoms. The summed E-state index contributed by atoms with van der Waals surface area (Å²) in [7, 11) is 1.46. The van der Waals surface area contributed by atoms with E-state index in [1.807, 2.05) is 24.3 Å². The third-order valence-corrected chi connectivity index (χ3v) is 4.77. The molecule has 1 aliphatic heterocycles. The standard InChI is InChI=1S/C20H26N4O4/c1-27-14-19(25)23-10-18-20(26)17(13-28-18)24(11-15-2-6-21-7-3-15)12-16-4-8-22-9-5-16/h2-9,17-18,20,26H,10-14H2,1H3,(H,23,25). The number of carbonyl (C=O) groups excluding carboxylic acids is 1. The first kappa shape index (κ1) is 20.3. The number of amides is 1. The van der Waals surface area contributed by atoms with Crippen molar-refractivity contribution >= 4 is 5.91 Å². The lowest BCUT2D eigenvalue weighted by Gasteiger charge is -2.31. The number of aliphatic hydroxyl groups is 1. The third kappa shape index (κ3) is 5.56. The fraction of sp³-hybridized carbons (Fsp3) is 0.450. The zero-order valence-corrected chi connectivity index (χ0v) is 15.9. The molecular formula is C20H26N4O4. The van der Waals surface area contributed by atoms with E-state index in [9.17, 15) is 9.90 Å². The van der Waals surface area contributed by atoms with Crippen LogP contribution in [0.3, 0.4) is 0 Å².